The van der Waals surface area contributed by atoms with E-state index in [1.165, 1.54) is 11.3 Å². The van der Waals surface area contributed by atoms with E-state index in [2.05, 4.69) is 26.8 Å². The van der Waals surface area contributed by atoms with Crippen LogP contribution in [0.25, 0.3) is 11.0 Å². The van der Waals surface area contributed by atoms with Crippen LogP contribution >= 0.6 is 11.3 Å². The van der Waals surface area contributed by atoms with E-state index in [-0.39, 0.29) is 5.91 Å². The molecule has 6 heteroatoms. The second-order valence-electron chi connectivity index (χ2n) is 4.89. The van der Waals surface area contributed by atoms with Crippen molar-refractivity contribution in [2.45, 2.75) is 26.8 Å². The van der Waals surface area contributed by atoms with Crippen LogP contribution in [0.4, 0.5) is 5.13 Å². The van der Waals surface area contributed by atoms with Gasteiger partial charge in [0, 0.05) is 17.5 Å². The SMILES string of the molecule is CCCn1cnc2cc(C(=O)Nc3nc(C)cs3)ccc21. The Balaban J connectivity index is 1.85. The van der Waals surface area contributed by atoms with Crippen molar-refractivity contribution in [1.29, 1.82) is 0 Å². The Morgan fingerprint density at radius 2 is 2.29 bits per heavy atom. The summed E-state index contributed by atoms with van der Waals surface area (Å²) in [6, 6.07) is 5.59. The number of amides is 1. The van der Waals surface area contributed by atoms with Crippen LogP contribution in [0.3, 0.4) is 0 Å². The molecular weight excluding hydrogens is 284 g/mol. The third-order valence-electron chi connectivity index (χ3n) is 3.19. The van der Waals surface area contributed by atoms with Gasteiger partial charge in [-0.15, -0.1) is 11.3 Å². The van der Waals surface area contributed by atoms with Gasteiger partial charge >= 0.3 is 0 Å². The number of nitrogens with one attached hydrogen (secondary N) is 1. The van der Waals surface area contributed by atoms with Gasteiger partial charge in [-0.25, -0.2) is 9.97 Å². The van der Waals surface area contributed by atoms with E-state index in [9.17, 15) is 4.79 Å². The van der Waals surface area contributed by atoms with E-state index in [4.69, 9.17) is 0 Å². The van der Waals surface area contributed by atoms with Crippen molar-refractivity contribution in [3.8, 4) is 0 Å². The molecule has 3 rings (SSSR count). The highest BCUT2D eigenvalue weighted by molar-refractivity contribution is 7.13. The van der Waals surface area contributed by atoms with E-state index in [0.29, 0.717) is 10.7 Å². The van der Waals surface area contributed by atoms with Gasteiger partial charge in [0.1, 0.15) is 0 Å². The second kappa shape index (κ2) is 5.65. The topological polar surface area (TPSA) is 59.8 Å². The molecule has 1 aromatic carbocycles. The predicted octanol–water partition coefficient (Wildman–Crippen LogP) is 3.46. The number of aromatic nitrogens is 3. The summed E-state index contributed by atoms with van der Waals surface area (Å²) in [6.07, 6.45) is 2.87. The van der Waals surface area contributed by atoms with Gasteiger partial charge in [-0.05, 0) is 31.5 Å². The summed E-state index contributed by atoms with van der Waals surface area (Å²) in [6.45, 7) is 4.96. The van der Waals surface area contributed by atoms with E-state index < -0.39 is 0 Å². The van der Waals surface area contributed by atoms with Crippen molar-refractivity contribution < 1.29 is 4.79 Å². The van der Waals surface area contributed by atoms with Gasteiger partial charge in [0.05, 0.1) is 23.1 Å². The Bertz CT molecular complexity index is 790. The molecule has 21 heavy (non-hydrogen) atoms. The molecule has 0 fully saturated rings. The van der Waals surface area contributed by atoms with Crippen LogP contribution in [0.15, 0.2) is 29.9 Å². The lowest BCUT2D eigenvalue weighted by Gasteiger charge is -2.03. The normalized spacial score (nSPS) is 11.0. The fourth-order valence-electron chi connectivity index (χ4n) is 2.20. The summed E-state index contributed by atoms with van der Waals surface area (Å²) in [7, 11) is 0. The highest BCUT2D eigenvalue weighted by Gasteiger charge is 2.11. The summed E-state index contributed by atoms with van der Waals surface area (Å²) < 4.78 is 2.10. The number of carbonyl (C=O) groups is 1. The summed E-state index contributed by atoms with van der Waals surface area (Å²) in [5, 5.41) is 5.34. The molecule has 0 unspecified atom stereocenters. The molecule has 1 amide bonds. The number of hydrogen-bond donors (Lipinski definition) is 1. The first-order valence-corrected chi connectivity index (χ1v) is 7.73. The Morgan fingerprint density at radius 1 is 1.43 bits per heavy atom. The maximum Gasteiger partial charge on any atom is 0.257 e. The molecule has 0 saturated heterocycles. The van der Waals surface area contributed by atoms with Crippen molar-refractivity contribution in [3.05, 3.63) is 41.2 Å². The molecule has 0 aliphatic carbocycles. The molecule has 0 saturated carbocycles. The van der Waals surface area contributed by atoms with Gasteiger partial charge in [0.25, 0.3) is 5.91 Å². The number of carbonyl (C=O) groups excluding carboxylic acids is 1. The molecule has 5 nitrogen and oxygen atoms in total. The zero-order chi connectivity index (χ0) is 14.8. The Morgan fingerprint density at radius 3 is 3.00 bits per heavy atom. The van der Waals surface area contributed by atoms with Crippen LogP contribution in [0.1, 0.15) is 29.4 Å². The molecule has 0 aliphatic heterocycles. The highest BCUT2D eigenvalue weighted by Crippen LogP contribution is 2.18. The maximum absolute atomic E-state index is 12.2. The molecule has 2 aromatic heterocycles. The van der Waals surface area contributed by atoms with Crippen LogP contribution in [0.2, 0.25) is 0 Å². The third kappa shape index (κ3) is 2.80. The number of anilines is 1. The number of thiazole rings is 1. The number of aryl methyl sites for hydroxylation is 2. The summed E-state index contributed by atoms with van der Waals surface area (Å²) in [5.41, 5.74) is 3.39. The summed E-state index contributed by atoms with van der Waals surface area (Å²) >= 11 is 1.42. The molecule has 0 bridgehead atoms. The zero-order valence-electron chi connectivity index (χ0n) is 12.0. The number of fused-ring (bicyclic) bond motifs is 1. The minimum absolute atomic E-state index is 0.156. The molecule has 1 N–H and O–H groups in total. The lowest BCUT2D eigenvalue weighted by molar-refractivity contribution is 0.102. The van der Waals surface area contributed by atoms with Crippen molar-refractivity contribution in [1.82, 2.24) is 14.5 Å². The summed E-state index contributed by atoms with van der Waals surface area (Å²) in [5.74, 6) is -0.156. The van der Waals surface area contributed by atoms with Crippen LogP contribution in [-0.2, 0) is 6.54 Å². The first kappa shape index (κ1) is 13.8. The minimum Gasteiger partial charge on any atom is -0.331 e. The molecular formula is C15H16N4OS. The smallest absolute Gasteiger partial charge is 0.257 e. The maximum atomic E-state index is 12.2. The fourth-order valence-corrected chi connectivity index (χ4v) is 2.89. The lowest BCUT2D eigenvalue weighted by Crippen LogP contribution is -2.11. The molecule has 0 aliphatic rings. The third-order valence-corrected chi connectivity index (χ3v) is 4.06. The molecule has 0 atom stereocenters. The fraction of sp³-hybridized carbons (Fsp3) is 0.267. The monoisotopic (exact) mass is 300 g/mol. The predicted molar refractivity (Wildman–Crippen MR) is 84.8 cm³/mol. The molecule has 108 valence electrons. The van der Waals surface area contributed by atoms with Gasteiger partial charge in [0.15, 0.2) is 5.13 Å². The number of rotatable bonds is 4. The molecule has 0 spiro atoms. The van der Waals surface area contributed by atoms with Crippen molar-refractivity contribution in [2.75, 3.05) is 5.32 Å². The van der Waals surface area contributed by atoms with Crippen LogP contribution < -0.4 is 5.32 Å². The first-order valence-electron chi connectivity index (χ1n) is 6.85. The lowest BCUT2D eigenvalue weighted by atomic mass is 10.2. The van der Waals surface area contributed by atoms with Crippen molar-refractivity contribution >= 4 is 33.4 Å². The summed E-state index contributed by atoms with van der Waals surface area (Å²) in [4.78, 5) is 20.8. The molecule has 3 aromatic rings. The molecule has 2 heterocycles. The Kier molecular flexibility index (Phi) is 3.70. The van der Waals surface area contributed by atoms with E-state index in [1.54, 1.807) is 0 Å². The number of nitrogens with zero attached hydrogens (tertiary/aromatic N) is 3. The zero-order valence-corrected chi connectivity index (χ0v) is 12.8. The van der Waals surface area contributed by atoms with Crippen LogP contribution in [0.5, 0.6) is 0 Å². The van der Waals surface area contributed by atoms with Gasteiger partial charge in [-0.2, -0.15) is 0 Å². The molecule has 0 radical (unpaired) electrons. The number of imidazole rings is 1. The number of hydrogen-bond acceptors (Lipinski definition) is 4. The van der Waals surface area contributed by atoms with Gasteiger partial charge in [-0.1, -0.05) is 6.92 Å². The van der Waals surface area contributed by atoms with E-state index in [0.717, 1.165) is 29.7 Å². The van der Waals surface area contributed by atoms with Crippen molar-refractivity contribution in [3.63, 3.8) is 0 Å². The highest BCUT2D eigenvalue weighted by atomic mass is 32.1. The first-order chi connectivity index (χ1) is 10.2. The average molecular weight is 300 g/mol. The van der Waals surface area contributed by atoms with Gasteiger partial charge in [0.2, 0.25) is 0 Å². The van der Waals surface area contributed by atoms with Gasteiger partial charge in [-0.3, -0.25) is 10.1 Å². The second-order valence-corrected chi connectivity index (χ2v) is 5.75. The van der Waals surface area contributed by atoms with Crippen LogP contribution in [0, 0.1) is 6.92 Å². The Labute approximate surface area is 126 Å². The minimum atomic E-state index is -0.156. The van der Waals surface area contributed by atoms with Crippen molar-refractivity contribution in [2.24, 2.45) is 0 Å². The standard InChI is InChI=1S/C15H16N4OS/c1-3-6-19-9-16-12-7-11(4-5-13(12)19)14(20)18-15-17-10(2)8-21-15/h4-5,7-9H,3,6H2,1-2H3,(H,17,18,20). The quantitative estimate of drug-likeness (QED) is 0.802. The number of benzene rings is 1. The Hall–Kier alpha value is -2.21. The van der Waals surface area contributed by atoms with E-state index >= 15 is 0 Å². The average Bonchev–Trinajstić information content (AvgIpc) is 3.06. The van der Waals surface area contributed by atoms with E-state index in [1.807, 2.05) is 36.8 Å². The van der Waals surface area contributed by atoms with Gasteiger partial charge < -0.3 is 4.57 Å². The van der Waals surface area contributed by atoms with Crippen LogP contribution in [-0.4, -0.2) is 20.4 Å². The largest absolute Gasteiger partial charge is 0.331 e.